The van der Waals surface area contributed by atoms with Gasteiger partial charge in [-0.3, -0.25) is 9.79 Å². The molecule has 0 N–H and O–H groups in total. The summed E-state index contributed by atoms with van der Waals surface area (Å²) in [6.45, 7) is 10.3. The van der Waals surface area contributed by atoms with Crippen LogP contribution in [0, 0.1) is 5.41 Å². The predicted molar refractivity (Wildman–Crippen MR) is 63.5 cm³/mol. The van der Waals surface area contributed by atoms with E-state index in [4.69, 9.17) is 4.74 Å². The standard InChI is InChI=1S/C12H23NO2/c1-9(13-10(2)8-15-6)7-11(14)12(3,4)5/h10H,7-8H2,1-6H3. The van der Waals surface area contributed by atoms with Gasteiger partial charge in [-0.1, -0.05) is 20.8 Å². The van der Waals surface area contributed by atoms with Crippen LogP contribution in [0.3, 0.4) is 0 Å². The summed E-state index contributed by atoms with van der Waals surface area (Å²) < 4.78 is 4.98. The molecule has 0 heterocycles. The molecule has 1 atom stereocenters. The molecule has 0 aromatic carbocycles. The first-order valence-corrected chi connectivity index (χ1v) is 5.33. The number of aliphatic imine (C=N–C) groups is 1. The summed E-state index contributed by atoms with van der Waals surface area (Å²) in [5.74, 6) is 0.230. The van der Waals surface area contributed by atoms with E-state index in [0.29, 0.717) is 13.0 Å². The normalized spacial score (nSPS) is 15.2. The molecule has 0 aromatic heterocycles. The monoisotopic (exact) mass is 213 g/mol. The number of carbonyl (C=O) groups is 1. The maximum absolute atomic E-state index is 11.7. The van der Waals surface area contributed by atoms with E-state index in [2.05, 4.69) is 4.99 Å². The van der Waals surface area contributed by atoms with E-state index in [1.165, 1.54) is 0 Å². The fraction of sp³-hybridized carbons (Fsp3) is 0.833. The average molecular weight is 213 g/mol. The van der Waals surface area contributed by atoms with Crippen molar-refractivity contribution in [3.63, 3.8) is 0 Å². The number of nitrogens with zero attached hydrogens (tertiary/aromatic N) is 1. The zero-order chi connectivity index (χ0) is 12.1. The van der Waals surface area contributed by atoms with Gasteiger partial charge in [-0.25, -0.2) is 0 Å². The number of carbonyl (C=O) groups excluding carboxylic acids is 1. The van der Waals surface area contributed by atoms with Gasteiger partial charge >= 0.3 is 0 Å². The fourth-order valence-corrected chi connectivity index (χ4v) is 1.20. The van der Waals surface area contributed by atoms with Crippen LogP contribution in [-0.4, -0.2) is 31.3 Å². The van der Waals surface area contributed by atoms with Crippen molar-refractivity contribution < 1.29 is 9.53 Å². The number of ketones is 1. The molecule has 0 aliphatic heterocycles. The van der Waals surface area contributed by atoms with Gasteiger partial charge in [0.15, 0.2) is 0 Å². The second kappa shape index (κ2) is 6.01. The van der Waals surface area contributed by atoms with Crippen LogP contribution in [0.15, 0.2) is 4.99 Å². The summed E-state index contributed by atoms with van der Waals surface area (Å²) in [4.78, 5) is 16.1. The van der Waals surface area contributed by atoms with Crippen molar-refractivity contribution in [2.45, 2.75) is 47.1 Å². The zero-order valence-corrected chi connectivity index (χ0v) is 10.8. The van der Waals surface area contributed by atoms with Crippen LogP contribution in [0.2, 0.25) is 0 Å². The molecule has 0 spiro atoms. The molecular weight excluding hydrogens is 190 g/mol. The number of Topliss-reactive ketones (excluding diaryl/α,β-unsaturated/α-hetero) is 1. The maximum atomic E-state index is 11.7. The SMILES string of the molecule is COCC(C)N=C(C)CC(=O)C(C)(C)C. The van der Waals surface area contributed by atoms with Crippen molar-refractivity contribution in [3.05, 3.63) is 0 Å². The lowest BCUT2D eigenvalue weighted by Crippen LogP contribution is -2.23. The van der Waals surface area contributed by atoms with Gasteiger partial charge in [-0.15, -0.1) is 0 Å². The third kappa shape index (κ3) is 6.39. The summed E-state index contributed by atoms with van der Waals surface area (Å²) >= 11 is 0. The molecule has 0 aliphatic carbocycles. The molecule has 0 bridgehead atoms. The molecule has 0 amide bonds. The number of hydrogen-bond acceptors (Lipinski definition) is 3. The molecule has 1 unspecified atom stereocenters. The van der Waals surface area contributed by atoms with Gasteiger partial charge in [0, 0.05) is 24.7 Å². The van der Waals surface area contributed by atoms with Crippen LogP contribution in [-0.2, 0) is 9.53 Å². The first kappa shape index (κ1) is 14.3. The molecule has 0 fully saturated rings. The summed E-state index contributed by atoms with van der Waals surface area (Å²) in [6.07, 6.45) is 0.442. The topological polar surface area (TPSA) is 38.7 Å². The molecule has 88 valence electrons. The maximum Gasteiger partial charge on any atom is 0.143 e. The van der Waals surface area contributed by atoms with Gasteiger partial charge in [0.1, 0.15) is 5.78 Å². The van der Waals surface area contributed by atoms with E-state index in [9.17, 15) is 4.79 Å². The lowest BCUT2D eigenvalue weighted by Gasteiger charge is -2.16. The smallest absolute Gasteiger partial charge is 0.143 e. The lowest BCUT2D eigenvalue weighted by atomic mass is 9.88. The Morgan fingerprint density at radius 2 is 1.93 bits per heavy atom. The number of methoxy groups -OCH3 is 1. The van der Waals surface area contributed by atoms with E-state index < -0.39 is 0 Å². The van der Waals surface area contributed by atoms with Crippen LogP contribution < -0.4 is 0 Å². The Bertz CT molecular complexity index is 238. The Morgan fingerprint density at radius 1 is 1.40 bits per heavy atom. The van der Waals surface area contributed by atoms with Crippen molar-refractivity contribution in [3.8, 4) is 0 Å². The minimum Gasteiger partial charge on any atom is -0.382 e. The Balaban J connectivity index is 4.24. The zero-order valence-electron chi connectivity index (χ0n) is 10.8. The third-order valence-electron chi connectivity index (χ3n) is 2.10. The first-order valence-electron chi connectivity index (χ1n) is 5.33. The highest BCUT2D eigenvalue weighted by molar-refractivity contribution is 6.02. The van der Waals surface area contributed by atoms with E-state index in [1.54, 1.807) is 7.11 Å². The van der Waals surface area contributed by atoms with Crippen molar-refractivity contribution in [2.24, 2.45) is 10.4 Å². The highest BCUT2D eigenvalue weighted by Gasteiger charge is 2.21. The van der Waals surface area contributed by atoms with Crippen LogP contribution in [0.1, 0.15) is 41.0 Å². The van der Waals surface area contributed by atoms with Gasteiger partial charge in [-0.05, 0) is 13.8 Å². The number of hydrogen-bond donors (Lipinski definition) is 0. The van der Waals surface area contributed by atoms with E-state index in [-0.39, 0.29) is 17.2 Å². The highest BCUT2D eigenvalue weighted by atomic mass is 16.5. The van der Waals surface area contributed by atoms with Crippen LogP contribution >= 0.6 is 0 Å². The molecule has 0 rings (SSSR count). The van der Waals surface area contributed by atoms with Crippen molar-refractivity contribution in [1.82, 2.24) is 0 Å². The molecule has 0 aromatic rings. The van der Waals surface area contributed by atoms with Crippen molar-refractivity contribution in [2.75, 3.05) is 13.7 Å². The van der Waals surface area contributed by atoms with Gasteiger partial charge < -0.3 is 4.74 Å². The molecule has 3 heteroatoms. The van der Waals surface area contributed by atoms with Crippen LogP contribution in [0.4, 0.5) is 0 Å². The van der Waals surface area contributed by atoms with Gasteiger partial charge in [0.2, 0.25) is 0 Å². The minimum absolute atomic E-state index is 0.128. The summed E-state index contributed by atoms with van der Waals surface area (Å²) in [5.41, 5.74) is 0.612. The van der Waals surface area contributed by atoms with Gasteiger partial charge in [-0.2, -0.15) is 0 Å². The largest absolute Gasteiger partial charge is 0.382 e. The Morgan fingerprint density at radius 3 is 2.33 bits per heavy atom. The van der Waals surface area contributed by atoms with Crippen LogP contribution in [0.25, 0.3) is 0 Å². The molecule has 3 nitrogen and oxygen atoms in total. The molecule has 0 saturated carbocycles. The van der Waals surface area contributed by atoms with Crippen LogP contribution in [0.5, 0.6) is 0 Å². The highest BCUT2D eigenvalue weighted by Crippen LogP contribution is 2.17. The summed E-state index contributed by atoms with van der Waals surface area (Å²) in [7, 11) is 1.65. The third-order valence-corrected chi connectivity index (χ3v) is 2.10. The number of ether oxygens (including phenoxy) is 1. The lowest BCUT2D eigenvalue weighted by molar-refractivity contribution is -0.125. The number of rotatable bonds is 5. The Hall–Kier alpha value is -0.700. The average Bonchev–Trinajstić information content (AvgIpc) is 2.01. The summed E-state index contributed by atoms with van der Waals surface area (Å²) in [5, 5.41) is 0. The molecule has 0 radical (unpaired) electrons. The Kier molecular flexibility index (Phi) is 5.73. The predicted octanol–water partition coefficient (Wildman–Crippen LogP) is 2.49. The van der Waals surface area contributed by atoms with Gasteiger partial charge in [0.05, 0.1) is 12.6 Å². The fourth-order valence-electron chi connectivity index (χ4n) is 1.20. The second-order valence-electron chi connectivity index (χ2n) is 5.02. The quantitative estimate of drug-likeness (QED) is 0.658. The van der Waals surface area contributed by atoms with Gasteiger partial charge in [0.25, 0.3) is 0 Å². The second-order valence-corrected chi connectivity index (χ2v) is 5.02. The molecule has 0 aliphatic rings. The van der Waals surface area contributed by atoms with E-state index in [0.717, 1.165) is 5.71 Å². The minimum atomic E-state index is -0.277. The Labute approximate surface area is 92.9 Å². The van der Waals surface area contributed by atoms with E-state index in [1.807, 2.05) is 34.6 Å². The van der Waals surface area contributed by atoms with E-state index >= 15 is 0 Å². The van der Waals surface area contributed by atoms with Crippen molar-refractivity contribution in [1.29, 1.82) is 0 Å². The summed E-state index contributed by atoms with van der Waals surface area (Å²) in [6, 6.07) is 0.128. The molecular formula is C12H23NO2. The molecule has 0 saturated heterocycles. The molecule has 15 heavy (non-hydrogen) atoms. The first-order chi connectivity index (χ1) is 6.77. The van der Waals surface area contributed by atoms with Crippen molar-refractivity contribution >= 4 is 11.5 Å².